The van der Waals surface area contributed by atoms with Crippen molar-refractivity contribution >= 4 is 11.9 Å². The summed E-state index contributed by atoms with van der Waals surface area (Å²) in [5.41, 5.74) is 5.82. The van der Waals surface area contributed by atoms with E-state index in [1.165, 1.54) is 6.07 Å². The highest BCUT2D eigenvalue weighted by molar-refractivity contribution is 5.82. The lowest BCUT2D eigenvalue weighted by molar-refractivity contribution is -0.104. The van der Waals surface area contributed by atoms with Gasteiger partial charge in [0.05, 0.1) is 5.69 Å². The van der Waals surface area contributed by atoms with E-state index in [9.17, 15) is 9.18 Å². The number of aromatic nitrogens is 2. The average molecular weight is 363 g/mol. The third-order valence-corrected chi connectivity index (χ3v) is 4.54. The maximum Gasteiger partial charge on any atom is 0.150 e. The molecule has 1 aromatic carbocycles. The Bertz CT molecular complexity index is 995. The van der Waals surface area contributed by atoms with Crippen molar-refractivity contribution in [3.05, 3.63) is 83.9 Å². The Morgan fingerprint density at radius 2 is 2.11 bits per heavy atom. The number of carbonyl (C=O) groups is 1. The van der Waals surface area contributed by atoms with Crippen LogP contribution in [0.15, 0.2) is 66.8 Å². The van der Waals surface area contributed by atoms with Crippen LogP contribution in [0.25, 0.3) is 16.7 Å². The number of hydrogen-bond acceptors (Lipinski definition) is 3. The summed E-state index contributed by atoms with van der Waals surface area (Å²) in [5, 5.41) is 4.39. The van der Waals surface area contributed by atoms with Crippen molar-refractivity contribution in [2.24, 2.45) is 7.05 Å². The maximum atomic E-state index is 14.0. The third kappa shape index (κ3) is 3.82. The molecule has 27 heavy (non-hydrogen) atoms. The van der Waals surface area contributed by atoms with E-state index in [1.807, 2.05) is 31.3 Å². The fraction of sp³-hybridized carbons (Fsp3) is 0.182. The number of aryl methyl sites for hydroxylation is 2. The van der Waals surface area contributed by atoms with Gasteiger partial charge in [-0.2, -0.15) is 5.10 Å². The van der Waals surface area contributed by atoms with Gasteiger partial charge in [-0.1, -0.05) is 19.6 Å². The minimum absolute atomic E-state index is 0.284. The highest BCUT2D eigenvalue weighted by Crippen LogP contribution is 2.33. The molecular formula is C22H22FN3O. The number of aldehydes is 1. The van der Waals surface area contributed by atoms with Crippen LogP contribution in [0.3, 0.4) is 0 Å². The zero-order chi connectivity index (χ0) is 19.6. The molecule has 1 aliphatic heterocycles. The Morgan fingerprint density at radius 3 is 2.70 bits per heavy atom. The van der Waals surface area contributed by atoms with Gasteiger partial charge in [0.1, 0.15) is 12.1 Å². The van der Waals surface area contributed by atoms with E-state index >= 15 is 0 Å². The van der Waals surface area contributed by atoms with Crippen LogP contribution in [0.4, 0.5) is 4.39 Å². The molecule has 138 valence electrons. The Kier molecular flexibility index (Phi) is 5.21. The van der Waals surface area contributed by atoms with E-state index < -0.39 is 0 Å². The number of hydrogen-bond donors (Lipinski definition) is 0. The topological polar surface area (TPSA) is 38.1 Å². The Morgan fingerprint density at radius 1 is 1.33 bits per heavy atom. The predicted molar refractivity (Wildman–Crippen MR) is 106 cm³/mol. The van der Waals surface area contributed by atoms with Crippen LogP contribution in [0.2, 0.25) is 0 Å². The summed E-state index contributed by atoms with van der Waals surface area (Å²) in [6, 6.07) is 4.82. The SMILES string of the molecule is C=C1C=C(C=O)C=CN1/C=C(\CC)c1ccc(F)cc1-c1cn(C)nc1C. The summed E-state index contributed by atoms with van der Waals surface area (Å²) < 4.78 is 15.7. The molecule has 2 aromatic rings. The smallest absolute Gasteiger partial charge is 0.150 e. The molecule has 3 rings (SSSR count). The molecule has 0 fully saturated rings. The number of nitrogens with zero attached hydrogens (tertiary/aromatic N) is 3. The van der Waals surface area contributed by atoms with Crippen LogP contribution >= 0.6 is 0 Å². The van der Waals surface area contributed by atoms with Gasteiger partial charge < -0.3 is 4.90 Å². The number of carbonyl (C=O) groups excluding carboxylic acids is 1. The van der Waals surface area contributed by atoms with Crippen LogP contribution < -0.4 is 0 Å². The molecule has 0 N–H and O–H groups in total. The summed E-state index contributed by atoms with van der Waals surface area (Å²) >= 11 is 0. The number of benzene rings is 1. The fourth-order valence-corrected chi connectivity index (χ4v) is 3.18. The van der Waals surface area contributed by atoms with Crippen molar-refractivity contribution < 1.29 is 9.18 Å². The Labute approximate surface area is 158 Å². The lowest BCUT2D eigenvalue weighted by Gasteiger charge is -2.22. The summed E-state index contributed by atoms with van der Waals surface area (Å²) in [6.45, 7) is 7.98. The van der Waals surface area contributed by atoms with E-state index in [4.69, 9.17) is 0 Å². The Balaban J connectivity index is 2.08. The van der Waals surface area contributed by atoms with Crippen molar-refractivity contribution in [1.29, 1.82) is 0 Å². The summed E-state index contributed by atoms with van der Waals surface area (Å²) in [4.78, 5) is 12.8. The van der Waals surface area contributed by atoms with Crippen LogP contribution in [0.5, 0.6) is 0 Å². The van der Waals surface area contributed by atoms with E-state index in [0.717, 1.165) is 40.7 Å². The zero-order valence-corrected chi connectivity index (χ0v) is 15.7. The molecule has 0 amide bonds. The molecule has 0 spiro atoms. The number of allylic oxidation sites excluding steroid dienone is 4. The molecule has 0 atom stereocenters. The first kappa shape index (κ1) is 18.6. The van der Waals surface area contributed by atoms with Crippen molar-refractivity contribution in [1.82, 2.24) is 14.7 Å². The van der Waals surface area contributed by atoms with E-state index in [0.29, 0.717) is 11.3 Å². The van der Waals surface area contributed by atoms with Crippen LogP contribution in [0.1, 0.15) is 24.6 Å². The molecular weight excluding hydrogens is 341 g/mol. The summed E-state index contributed by atoms with van der Waals surface area (Å²) in [6.07, 6.45) is 10.7. The molecule has 0 radical (unpaired) electrons. The van der Waals surface area contributed by atoms with Gasteiger partial charge >= 0.3 is 0 Å². The minimum atomic E-state index is -0.284. The highest BCUT2D eigenvalue weighted by atomic mass is 19.1. The van der Waals surface area contributed by atoms with Crippen molar-refractivity contribution in [3.63, 3.8) is 0 Å². The van der Waals surface area contributed by atoms with Gasteiger partial charge in [-0.25, -0.2) is 4.39 Å². The van der Waals surface area contributed by atoms with Gasteiger partial charge in [0, 0.05) is 42.5 Å². The van der Waals surface area contributed by atoms with Gasteiger partial charge in [-0.15, -0.1) is 0 Å². The lowest BCUT2D eigenvalue weighted by atomic mass is 9.93. The van der Waals surface area contributed by atoms with Gasteiger partial charge in [0.25, 0.3) is 0 Å². The summed E-state index contributed by atoms with van der Waals surface area (Å²) in [7, 11) is 1.85. The summed E-state index contributed by atoms with van der Waals surface area (Å²) in [5.74, 6) is -0.284. The lowest BCUT2D eigenvalue weighted by Crippen LogP contribution is -2.11. The van der Waals surface area contributed by atoms with Gasteiger partial charge in [-0.3, -0.25) is 9.48 Å². The van der Waals surface area contributed by atoms with Crippen LogP contribution in [0, 0.1) is 12.7 Å². The third-order valence-electron chi connectivity index (χ3n) is 4.54. The molecule has 0 bridgehead atoms. The van der Waals surface area contributed by atoms with E-state index in [1.54, 1.807) is 35.2 Å². The van der Waals surface area contributed by atoms with Gasteiger partial charge in [-0.05, 0) is 54.3 Å². The van der Waals surface area contributed by atoms with Crippen molar-refractivity contribution in [2.45, 2.75) is 20.3 Å². The Hall–Kier alpha value is -3.21. The quantitative estimate of drug-likeness (QED) is 0.719. The van der Waals surface area contributed by atoms with E-state index in [-0.39, 0.29) is 5.82 Å². The normalized spacial score (nSPS) is 14.5. The maximum absolute atomic E-state index is 14.0. The molecule has 1 aromatic heterocycles. The number of rotatable bonds is 5. The van der Waals surface area contributed by atoms with Crippen molar-refractivity contribution in [2.75, 3.05) is 0 Å². The predicted octanol–water partition coefficient (Wildman–Crippen LogP) is 4.75. The zero-order valence-electron chi connectivity index (χ0n) is 15.7. The molecule has 5 heteroatoms. The molecule has 1 aliphatic rings. The number of halogens is 1. The van der Waals surface area contributed by atoms with Gasteiger partial charge in [0.2, 0.25) is 0 Å². The van der Waals surface area contributed by atoms with Crippen LogP contribution in [-0.2, 0) is 11.8 Å². The fourth-order valence-electron chi connectivity index (χ4n) is 3.18. The van der Waals surface area contributed by atoms with Crippen LogP contribution in [-0.4, -0.2) is 21.0 Å². The largest absolute Gasteiger partial charge is 0.324 e. The standard InChI is InChI=1S/C22H22FN3O/c1-5-18(12-26-9-8-17(14-27)10-15(26)2)20-7-6-19(23)11-21(20)22-13-25(4)24-16(22)3/h6-14H,2,5H2,1,3-4H3/b18-12+. The second-order valence-electron chi connectivity index (χ2n) is 6.48. The highest BCUT2D eigenvalue weighted by Gasteiger charge is 2.16. The molecule has 0 saturated carbocycles. The van der Waals surface area contributed by atoms with Gasteiger partial charge in [0.15, 0.2) is 0 Å². The molecule has 0 saturated heterocycles. The first-order valence-corrected chi connectivity index (χ1v) is 8.76. The van der Waals surface area contributed by atoms with Crippen molar-refractivity contribution in [3.8, 4) is 11.1 Å². The molecule has 0 unspecified atom stereocenters. The first-order valence-electron chi connectivity index (χ1n) is 8.76. The monoisotopic (exact) mass is 363 g/mol. The second-order valence-corrected chi connectivity index (χ2v) is 6.48. The minimum Gasteiger partial charge on any atom is -0.324 e. The molecule has 0 aliphatic carbocycles. The first-order chi connectivity index (χ1) is 12.9. The molecule has 2 heterocycles. The second kappa shape index (κ2) is 7.58. The molecule has 4 nitrogen and oxygen atoms in total. The van der Waals surface area contributed by atoms with E-state index in [2.05, 4.69) is 18.6 Å². The average Bonchev–Trinajstić information content (AvgIpc) is 2.99.